The molecular weight excluding hydrogens is 504 g/mol. The lowest BCUT2D eigenvalue weighted by Gasteiger charge is -2.33. The molecule has 0 unspecified atom stereocenters. The van der Waals surface area contributed by atoms with Crippen molar-refractivity contribution >= 4 is 11.6 Å². The lowest BCUT2D eigenvalue weighted by Crippen LogP contribution is -2.48. The summed E-state index contributed by atoms with van der Waals surface area (Å²) < 4.78 is 88.0. The first-order valence-electron chi connectivity index (χ1n) is 11.2. The number of halogens is 6. The lowest BCUT2D eigenvalue weighted by atomic mass is 10.1. The van der Waals surface area contributed by atoms with Crippen molar-refractivity contribution in [2.75, 3.05) is 26.2 Å². The van der Waals surface area contributed by atoms with Crippen LogP contribution >= 0.6 is 0 Å². The summed E-state index contributed by atoms with van der Waals surface area (Å²) in [5.41, 5.74) is -2.34. The van der Waals surface area contributed by atoms with Crippen LogP contribution in [0.2, 0.25) is 0 Å². The van der Waals surface area contributed by atoms with Gasteiger partial charge in [0.2, 0.25) is 0 Å². The number of fused-ring (bicyclic) bond motifs is 1. The quantitative estimate of drug-likeness (QED) is 0.354. The number of rotatable bonds is 5. The summed E-state index contributed by atoms with van der Waals surface area (Å²) in [6, 6.07) is 9.67. The Morgan fingerprint density at radius 3 is 2.30 bits per heavy atom. The molecule has 1 saturated heterocycles. The van der Waals surface area contributed by atoms with E-state index in [1.807, 2.05) is 6.07 Å². The van der Waals surface area contributed by atoms with Gasteiger partial charge in [-0.1, -0.05) is 0 Å². The molecule has 4 aromatic rings. The largest absolute Gasteiger partial charge is 0.468 e. The van der Waals surface area contributed by atoms with Gasteiger partial charge in [-0.15, -0.1) is 0 Å². The van der Waals surface area contributed by atoms with Crippen LogP contribution in [0.4, 0.5) is 26.3 Å². The molecule has 0 saturated carbocycles. The molecule has 0 N–H and O–H groups in total. The highest BCUT2D eigenvalue weighted by Gasteiger charge is 2.60. The summed E-state index contributed by atoms with van der Waals surface area (Å²) in [7, 11) is 0. The van der Waals surface area contributed by atoms with Crippen molar-refractivity contribution in [3.05, 3.63) is 77.8 Å². The van der Waals surface area contributed by atoms with Gasteiger partial charge in [-0.05, 0) is 42.5 Å². The summed E-state index contributed by atoms with van der Waals surface area (Å²) in [5, 5.41) is 3.79. The summed E-state index contributed by atoms with van der Waals surface area (Å²) in [6.07, 6.45) is -4.37. The molecule has 37 heavy (non-hydrogen) atoms. The molecule has 4 heterocycles. The van der Waals surface area contributed by atoms with E-state index in [9.17, 15) is 31.1 Å². The van der Waals surface area contributed by atoms with Gasteiger partial charge in [0.1, 0.15) is 17.3 Å². The van der Waals surface area contributed by atoms with Crippen molar-refractivity contribution in [1.29, 1.82) is 0 Å². The Balaban J connectivity index is 1.46. The van der Waals surface area contributed by atoms with Crippen molar-refractivity contribution in [2.24, 2.45) is 0 Å². The summed E-state index contributed by atoms with van der Waals surface area (Å²) in [4.78, 5) is 20.7. The van der Waals surface area contributed by atoms with Crippen LogP contribution in [0, 0.1) is 5.82 Å². The molecule has 13 heteroatoms. The number of nitrogens with zero attached hydrogens (tertiary/aromatic N) is 5. The van der Waals surface area contributed by atoms with Gasteiger partial charge in [0.25, 0.3) is 5.91 Å². The van der Waals surface area contributed by atoms with Crippen molar-refractivity contribution in [3.8, 4) is 11.3 Å². The van der Waals surface area contributed by atoms with Gasteiger partial charge < -0.3 is 9.32 Å². The third kappa shape index (κ3) is 4.78. The molecule has 194 valence electrons. The Labute approximate surface area is 205 Å². The van der Waals surface area contributed by atoms with E-state index in [2.05, 4.69) is 15.0 Å². The van der Waals surface area contributed by atoms with Gasteiger partial charge in [0.05, 0.1) is 18.5 Å². The zero-order valence-corrected chi connectivity index (χ0v) is 19.1. The molecule has 0 spiro atoms. The Morgan fingerprint density at radius 1 is 0.973 bits per heavy atom. The Kier molecular flexibility index (Phi) is 6.18. The van der Waals surface area contributed by atoms with Crippen LogP contribution in [0.15, 0.2) is 59.2 Å². The van der Waals surface area contributed by atoms with E-state index >= 15 is 0 Å². The number of hydrogen-bond donors (Lipinski definition) is 0. The highest BCUT2D eigenvalue weighted by Crippen LogP contribution is 2.44. The smallest absolute Gasteiger partial charge is 0.459 e. The van der Waals surface area contributed by atoms with Gasteiger partial charge in [0.15, 0.2) is 11.3 Å². The number of alkyl halides is 5. The minimum atomic E-state index is -5.93. The summed E-state index contributed by atoms with van der Waals surface area (Å²) in [6.45, 7) is 2.16. The second kappa shape index (κ2) is 9.21. The van der Waals surface area contributed by atoms with Gasteiger partial charge in [-0.25, -0.2) is 13.9 Å². The summed E-state index contributed by atoms with van der Waals surface area (Å²) >= 11 is 0. The van der Waals surface area contributed by atoms with E-state index in [4.69, 9.17) is 4.42 Å². The van der Waals surface area contributed by atoms with E-state index in [1.54, 1.807) is 12.3 Å². The number of furan rings is 1. The normalized spacial score (nSPS) is 15.5. The van der Waals surface area contributed by atoms with Gasteiger partial charge in [-0.3, -0.25) is 9.69 Å². The molecular formula is C24H19F6N5O2. The van der Waals surface area contributed by atoms with Gasteiger partial charge >= 0.3 is 12.1 Å². The molecule has 0 bridgehead atoms. The predicted molar refractivity (Wildman–Crippen MR) is 118 cm³/mol. The number of piperazine rings is 1. The Morgan fingerprint density at radius 2 is 1.68 bits per heavy atom. The fourth-order valence-electron chi connectivity index (χ4n) is 4.11. The number of aromatic nitrogens is 3. The van der Waals surface area contributed by atoms with Crippen LogP contribution < -0.4 is 0 Å². The third-order valence-electron chi connectivity index (χ3n) is 6.08. The first-order valence-corrected chi connectivity index (χ1v) is 11.2. The fourth-order valence-corrected chi connectivity index (χ4v) is 4.11. The van der Waals surface area contributed by atoms with Crippen molar-refractivity contribution < 1.29 is 35.6 Å². The number of amides is 1. The minimum Gasteiger partial charge on any atom is -0.468 e. The topological polar surface area (TPSA) is 66.9 Å². The van der Waals surface area contributed by atoms with Crippen molar-refractivity contribution in [2.45, 2.75) is 18.6 Å². The second-order valence-corrected chi connectivity index (χ2v) is 8.55. The lowest BCUT2D eigenvalue weighted by molar-refractivity contribution is -0.291. The third-order valence-corrected chi connectivity index (χ3v) is 6.08. The maximum atomic E-state index is 14.5. The molecule has 1 amide bonds. The fraction of sp³-hybridized carbons (Fsp3) is 0.292. The van der Waals surface area contributed by atoms with E-state index in [0.717, 1.165) is 24.0 Å². The monoisotopic (exact) mass is 523 g/mol. The van der Waals surface area contributed by atoms with Crippen molar-refractivity contribution in [1.82, 2.24) is 24.4 Å². The van der Waals surface area contributed by atoms with Crippen LogP contribution in [0.3, 0.4) is 0 Å². The van der Waals surface area contributed by atoms with Gasteiger partial charge in [0, 0.05) is 37.8 Å². The maximum Gasteiger partial charge on any atom is 0.459 e. The first kappa shape index (κ1) is 24.8. The number of benzene rings is 1. The van der Waals surface area contributed by atoms with E-state index in [-0.39, 0.29) is 22.6 Å². The first-order chi connectivity index (χ1) is 17.5. The minimum absolute atomic E-state index is 0.116. The average molecular weight is 523 g/mol. The molecule has 1 aromatic carbocycles. The number of carbonyl (C=O) groups is 1. The van der Waals surface area contributed by atoms with Gasteiger partial charge in [-0.2, -0.15) is 27.1 Å². The SMILES string of the molecule is O=C(c1cc2nc(-c3ccc(F)cc3)cc(C(F)(F)C(F)(F)F)n2n1)N1CCN(Cc2ccco2)CC1. The molecule has 0 radical (unpaired) electrons. The van der Waals surface area contributed by atoms with E-state index in [0.29, 0.717) is 43.3 Å². The Bertz CT molecular complexity index is 1410. The van der Waals surface area contributed by atoms with Crippen LogP contribution in [-0.4, -0.2) is 62.7 Å². The average Bonchev–Trinajstić information content (AvgIpc) is 3.53. The molecule has 5 rings (SSSR count). The van der Waals surface area contributed by atoms with Crippen LogP contribution in [0.25, 0.3) is 16.9 Å². The molecule has 7 nitrogen and oxygen atoms in total. The predicted octanol–water partition coefficient (Wildman–Crippen LogP) is 4.74. The van der Waals surface area contributed by atoms with Crippen LogP contribution in [0.1, 0.15) is 21.9 Å². The molecule has 1 fully saturated rings. The highest BCUT2D eigenvalue weighted by atomic mass is 19.4. The number of hydrogen-bond acceptors (Lipinski definition) is 5. The zero-order valence-electron chi connectivity index (χ0n) is 19.1. The summed E-state index contributed by atoms with van der Waals surface area (Å²) in [5.74, 6) is -5.77. The van der Waals surface area contributed by atoms with Crippen molar-refractivity contribution in [3.63, 3.8) is 0 Å². The van der Waals surface area contributed by atoms with Crippen LogP contribution in [-0.2, 0) is 12.5 Å². The second-order valence-electron chi connectivity index (χ2n) is 8.55. The standard InChI is InChI=1S/C24H19F6N5O2/c25-16-5-3-15(4-6-16)18-12-20(23(26,27)24(28,29)30)35-21(31-18)13-19(32-35)22(36)34-9-7-33(8-10-34)14-17-2-1-11-37-17/h1-6,11-13H,7-10,14H2. The Hall–Kier alpha value is -3.87. The van der Waals surface area contributed by atoms with E-state index < -0.39 is 29.5 Å². The highest BCUT2D eigenvalue weighted by molar-refractivity contribution is 5.93. The molecule has 1 aliphatic heterocycles. The number of carbonyl (C=O) groups excluding carboxylic acids is 1. The molecule has 0 aliphatic carbocycles. The van der Waals surface area contributed by atoms with E-state index in [1.165, 1.54) is 17.0 Å². The zero-order chi connectivity index (χ0) is 26.4. The van der Waals surface area contributed by atoms with Crippen LogP contribution in [0.5, 0.6) is 0 Å². The maximum absolute atomic E-state index is 14.5. The molecule has 3 aromatic heterocycles. The molecule has 0 atom stereocenters. The molecule has 1 aliphatic rings.